The summed E-state index contributed by atoms with van der Waals surface area (Å²) in [5, 5.41) is 12.7. The molecule has 3 heterocycles. The number of piperidine rings is 1. The second-order valence-electron chi connectivity index (χ2n) is 5.29. The smallest absolute Gasteiger partial charge is 0.178 e. The van der Waals surface area contributed by atoms with E-state index in [4.69, 9.17) is 4.74 Å². The van der Waals surface area contributed by atoms with Gasteiger partial charge >= 0.3 is 0 Å². The fourth-order valence-electron chi connectivity index (χ4n) is 2.62. The first kappa shape index (κ1) is 13.3. The maximum absolute atomic E-state index is 5.88. The maximum atomic E-state index is 5.88. The van der Waals surface area contributed by atoms with Crippen LogP contribution in [0.25, 0.3) is 5.65 Å². The number of fused-ring (bicyclic) bond motifs is 1. The van der Waals surface area contributed by atoms with Crippen LogP contribution in [-0.2, 0) is 4.74 Å². The van der Waals surface area contributed by atoms with Gasteiger partial charge in [0.05, 0.1) is 6.10 Å². The minimum Gasteiger partial charge on any atom is -0.376 e. The van der Waals surface area contributed by atoms with Crippen molar-refractivity contribution in [1.82, 2.24) is 19.8 Å². The Morgan fingerprint density at radius 3 is 3.10 bits per heavy atom. The van der Waals surface area contributed by atoms with Crippen molar-refractivity contribution in [2.45, 2.75) is 39.2 Å². The lowest BCUT2D eigenvalue weighted by Gasteiger charge is -2.33. The van der Waals surface area contributed by atoms with Crippen LogP contribution < -0.4 is 4.90 Å². The van der Waals surface area contributed by atoms with Crippen LogP contribution in [0.1, 0.15) is 32.0 Å². The van der Waals surface area contributed by atoms with E-state index in [1.807, 2.05) is 19.1 Å². The minimum atomic E-state index is 0.322. The van der Waals surface area contributed by atoms with Crippen molar-refractivity contribution in [3.8, 4) is 0 Å². The molecular weight excluding hydrogens is 254 g/mol. The highest BCUT2D eigenvalue weighted by molar-refractivity contribution is 5.46. The molecule has 0 bridgehead atoms. The first-order chi connectivity index (χ1) is 9.78. The van der Waals surface area contributed by atoms with Crippen LogP contribution in [0.15, 0.2) is 12.1 Å². The average molecular weight is 275 g/mol. The van der Waals surface area contributed by atoms with Crippen LogP contribution in [0.2, 0.25) is 0 Å². The second kappa shape index (κ2) is 5.75. The zero-order chi connectivity index (χ0) is 13.9. The summed E-state index contributed by atoms with van der Waals surface area (Å²) in [5.74, 6) is 1.79. The number of aryl methyl sites for hydroxylation is 1. The molecule has 6 nitrogen and oxygen atoms in total. The number of nitrogens with zero attached hydrogens (tertiary/aromatic N) is 5. The number of hydrogen-bond acceptors (Lipinski definition) is 5. The quantitative estimate of drug-likeness (QED) is 0.852. The molecule has 2 aromatic heterocycles. The van der Waals surface area contributed by atoms with E-state index in [1.165, 1.54) is 0 Å². The molecule has 20 heavy (non-hydrogen) atoms. The summed E-state index contributed by atoms with van der Waals surface area (Å²) in [6.45, 7) is 6.85. The van der Waals surface area contributed by atoms with Gasteiger partial charge in [0.25, 0.3) is 0 Å². The fourth-order valence-corrected chi connectivity index (χ4v) is 2.62. The lowest BCUT2D eigenvalue weighted by molar-refractivity contribution is 0.0439. The summed E-state index contributed by atoms with van der Waals surface area (Å²) in [5.41, 5.74) is 0.794. The van der Waals surface area contributed by atoms with E-state index in [1.54, 1.807) is 4.52 Å². The zero-order valence-corrected chi connectivity index (χ0v) is 12.1. The summed E-state index contributed by atoms with van der Waals surface area (Å²) in [6.07, 6.45) is 3.68. The van der Waals surface area contributed by atoms with Crippen molar-refractivity contribution in [1.29, 1.82) is 0 Å². The zero-order valence-electron chi connectivity index (χ0n) is 12.1. The lowest BCUT2D eigenvalue weighted by Crippen LogP contribution is -2.40. The number of anilines is 1. The third-order valence-corrected chi connectivity index (χ3v) is 3.66. The molecule has 1 atom stereocenters. The topological polar surface area (TPSA) is 55.5 Å². The molecule has 1 saturated heterocycles. The van der Waals surface area contributed by atoms with E-state index in [0.717, 1.165) is 56.2 Å². The van der Waals surface area contributed by atoms with Gasteiger partial charge in [-0.2, -0.15) is 4.52 Å². The highest BCUT2D eigenvalue weighted by Gasteiger charge is 2.21. The van der Waals surface area contributed by atoms with Gasteiger partial charge < -0.3 is 9.64 Å². The molecule has 1 aliphatic heterocycles. The highest BCUT2D eigenvalue weighted by atomic mass is 16.5. The van der Waals surface area contributed by atoms with Crippen LogP contribution >= 0.6 is 0 Å². The Balaban J connectivity index is 1.77. The lowest BCUT2D eigenvalue weighted by atomic mass is 10.1. The molecule has 0 aromatic carbocycles. The first-order valence-electron chi connectivity index (χ1n) is 7.33. The second-order valence-corrected chi connectivity index (χ2v) is 5.29. The van der Waals surface area contributed by atoms with Gasteiger partial charge in [-0.15, -0.1) is 15.3 Å². The first-order valence-corrected chi connectivity index (χ1v) is 7.33. The SMILES string of the molecule is CCCO[C@@H]1CCCN(c2ccc3nnc(C)n3n2)C1. The fraction of sp³-hybridized carbons (Fsp3) is 0.643. The van der Waals surface area contributed by atoms with Gasteiger partial charge in [0.15, 0.2) is 11.5 Å². The normalized spacial score (nSPS) is 19.7. The van der Waals surface area contributed by atoms with Crippen LogP contribution in [-0.4, -0.2) is 45.6 Å². The van der Waals surface area contributed by atoms with Crippen molar-refractivity contribution >= 4 is 11.5 Å². The third kappa shape index (κ3) is 2.60. The van der Waals surface area contributed by atoms with Crippen LogP contribution in [0, 0.1) is 6.92 Å². The van der Waals surface area contributed by atoms with E-state index in [0.29, 0.717) is 6.10 Å². The molecule has 1 aliphatic rings. The van der Waals surface area contributed by atoms with Gasteiger partial charge in [0, 0.05) is 19.7 Å². The van der Waals surface area contributed by atoms with Crippen molar-refractivity contribution in [2.24, 2.45) is 0 Å². The highest BCUT2D eigenvalue weighted by Crippen LogP contribution is 2.20. The molecule has 0 saturated carbocycles. The standard InChI is InChI=1S/C14H21N5O/c1-3-9-20-12-5-4-8-18(10-12)14-7-6-13-16-15-11(2)19(13)17-14/h6-7,12H,3-5,8-10H2,1-2H3/t12-/m1/s1. The summed E-state index contributed by atoms with van der Waals surface area (Å²) in [4.78, 5) is 2.29. The Labute approximate surface area is 118 Å². The molecule has 0 radical (unpaired) electrons. The third-order valence-electron chi connectivity index (χ3n) is 3.66. The van der Waals surface area contributed by atoms with Crippen LogP contribution in [0.3, 0.4) is 0 Å². The average Bonchev–Trinajstić information content (AvgIpc) is 2.86. The minimum absolute atomic E-state index is 0.322. The van der Waals surface area contributed by atoms with Gasteiger partial charge in [0.2, 0.25) is 0 Å². The van der Waals surface area contributed by atoms with Crippen molar-refractivity contribution in [3.63, 3.8) is 0 Å². The van der Waals surface area contributed by atoms with E-state index in [2.05, 4.69) is 27.1 Å². The molecule has 3 rings (SSSR count). The van der Waals surface area contributed by atoms with E-state index >= 15 is 0 Å². The molecule has 0 N–H and O–H groups in total. The van der Waals surface area contributed by atoms with Crippen LogP contribution in [0.4, 0.5) is 5.82 Å². The van der Waals surface area contributed by atoms with Crippen molar-refractivity contribution in [2.75, 3.05) is 24.6 Å². The van der Waals surface area contributed by atoms with E-state index in [9.17, 15) is 0 Å². The maximum Gasteiger partial charge on any atom is 0.178 e. The Morgan fingerprint density at radius 1 is 1.35 bits per heavy atom. The largest absolute Gasteiger partial charge is 0.376 e. The monoisotopic (exact) mass is 275 g/mol. The number of ether oxygens (including phenoxy) is 1. The van der Waals surface area contributed by atoms with Gasteiger partial charge in [0.1, 0.15) is 5.82 Å². The van der Waals surface area contributed by atoms with Gasteiger partial charge in [-0.05, 0) is 38.3 Å². The Kier molecular flexibility index (Phi) is 3.82. The Morgan fingerprint density at radius 2 is 2.25 bits per heavy atom. The number of hydrogen-bond donors (Lipinski definition) is 0. The molecule has 6 heteroatoms. The predicted molar refractivity (Wildman–Crippen MR) is 77.0 cm³/mol. The Bertz CT molecular complexity index is 582. The molecule has 2 aromatic rings. The summed E-state index contributed by atoms with van der Waals surface area (Å²) in [7, 11) is 0. The van der Waals surface area contributed by atoms with E-state index < -0.39 is 0 Å². The van der Waals surface area contributed by atoms with Gasteiger partial charge in [-0.3, -0.25) is 0 Å². The number of aromatic nitrogens is 4. The molecule has 0 aliphatic carbocycles. The molecule has 0 spiro atoms. The summed E-state index contributed by atoms with van der Waals surface area (Å²) >= 11 is 0. The molecule has 0 amide bonds. The van der Waals surface area contributed by atoms with E-state index in [-0.39, 0.29) is 0 Å². The van der Waals surface area contributed by atoms with Gasteiger partial charge in [-0.1, -0.05) is 6.92 Å². The molecular formula is C14H21N5O. The molecule has 108 valence electrons. The number of rotatable bonds is 4. The van der Waals surface area contributed by atoms with Crippen LogP contribution in [0.5, 0.6) is 0 Å². The van der Waals surface area contributed by atoms with Gasteiger partial charge in [-0.25, -0.2) is 0 Å². The van der Waals surface area contributed by atoms with Crippen molar-refractivity contribution < 1.29 is 4.74 Å². The molecule has 1 fully saturated rings. The predicted octanol–water partition coefficient (Wildman–Crippen LogP) is 1.83. The summed E-state index contributed by atoms with van der Waals surface area (Å²) in [6, 6.07) is 3.99. The van der Waals surface area contributed by atoms with Crippen molar-refractivity contribution in [3.05, 3.63) is 18.0 Å². The Hall–Kier alpha value is -1.69. The summed E-state index contributed by atoms with van der Waals surface area (Å²) < 4.78 is 7.68. The molecule has 0 unspecified atom stereocenters.